The zero-order valence-corrected chi connectivity index (χ0v) is 22.8. The summed E-state index contributed by atoms with van der Waals surface area (Å²) in [5.41, 5.74) is 4.42. The van der Waals surface area contributed by atoms with Crippen LogP contribution in [0.5, 0.6) is 11.5 Å². The van der Waals surface area contributed by atoms with Crippen LogP contribution in [-0.4, -0.2) is 86.2 Å². The molecule has 12 nitrogen and oxygen atoms in total. The molecule has 4 aliphatic heterocycles. The quantitative estimate of drug-likeness (QED) is 0.365. The molecular weight excluding hydrogens is 540 g/mol. The van der Waals surface area contributed by atoms with E-state index >= 15 is 0 Å². The van der Waals surface area contributed by atoms with E-state index in [2.05, 4.69) is 29.9 Å². The fourth-order valence-corrected chi connectivity index (χ4v) is 4.64. The highest BCUT2D eigenvalue weighted by Crippen LogP contribution is 2.22. The molecule has 0 bridgehead atoms. The van der Waals surface area contributed by atoms with Gasteiger partial charge in [0.05, 0.1) is 26.2 Å². The molecule has 2 aromatic heterocycles. The van der Waals surface area contributed by atoms with Crippen molar-refractivity contribution in [3.63, 3.8) is 0 Å². The number of hydrogen-bond acceptors (Lipinski definition) is 12. The van der Waals surface area contributed by atoms with Gasteiger partial charge in [-0.3, -0.25) is 0 Å². The standard InChI is InChI=1S/C30H28N6O6/c1-2-20(18-42-22-15-25(29-33-7-11-39-29)36-26(16-22)30-34-8-12-40-30)4-3-19(1)17-41-21-13-23(27-31-5-9-37-27)35-24(14-21)28-32-6-10-38-28/h1-4,13-16H,5-12,17-18H2. The van der Waals surface area contributed by atoms with Crippen LogP contribution in [0.15, 0.2) is 68.5 Å². The molecule has 0 spiro atoms. The fraction of sp³-hybridized carbons (Fsp3) is 0.333. The average molecular weight is 569 g/mol. The third-order valence-electron chi connectivity index (χ3n) is 6.65. The van der Waals surface area contributed by atoms with Crippen molar-refractivity contribution in [1.29, 1.82) is 0 Å². The highest BCUT2D eigenvalue weighted by atomic mass is 16.5. The lowest BCUT2D eigenvalue weighted by atomic mass is 10.1. The van der Waals surface area contributed by atoms with Crippen molar-refractivity contribution < 1.29 is 28.4 Å². The Kier molecular flexibility index (Phi) is 7.32. The zero-order chi connectivity index (χ0) is 28.1. The topological polar surface area (TPSA) is 131 Å². The summed E-state index contributed by atoms with van der Waals surface area (Å²) in [6.07, 6.45) is 0. The Balaban J connectivity index is 1.02. The Hall–Kier alpha value is -5.00. The summed E-state index contributed by atoms with van der Waals surface area (Å²) in [5.74, 6) is 3.29. The lowest BCUT2D eigenvalue weighted by Crippen LogP contribution is -2.11. The number of aromatic nitrogens is 2. The van der Waals surface area contributed by atoms with Crippen LogP contribution in [0, 0.1) is 0 Å². The van der Waals surface area contributed by atoms with E-state index < -0.39 is 0 Å². The summed E-state index contributed by atoms with van der Waals surface area (Å²) < 4.78 is 34.8. The minimum absolute atomic E-state index is 0.367. The molecule has 0 saturated carbocycles. The van der Waals surface area contributed by atoms with Crippen molar-refractivity contribution >= 4 is 23.6 Å². The summed E-state index contributed by atoms with van der Waals surface area (Å²) in [5, 5.41) is 0. The molecule has 12 heteroatoms. The molecule has 4 aliphatic rings. The Morgan fingerprint density at radius 2 is 0.786 bits per heavy atom. The average Bonchev–Trinajstić information content (AvgIpc) is 3.86. The molecule has 0 radical (unpaired) electrons. The van der Waals surface area contributed by atoms with E-state index in [1.54, 1.807) is 0 Å². The molecule has 0 N–H and O–H groups in total. The van der Waals surface area contributed by atoms with Crippen molar-refractivity contribution in [2.75, 3.05) is 52.6 Å². The van der Waals surface area contributed by atoms with E-state index in [0.29, 0.717) is 124 Å². The van der Waals surface area contributed by atoms with E-state index in [1.807, 2.05) is 48.5 Å². The zero-order valence-electron chi connectivity index (χ0n) is 22.8. The third kappa shape index (κ3) is 5.87. The number of pyridine rings is 2. The van der Waals surface area contributed by atoms with Crippen LogP contribution in [-0.2, 0) is 32.2 Å². The maximum Gasteiger partial charge on any atom is 0.235 e. The van der Waals surface area contributed by atoms with Gasteiger partial charge in [-0.1, -0.05) is 24.3 Å². The number of nitrogens with zero attached hydrogens (tertiary/aromatic N) is 6. The van der Waals surface area contributed by atoms with Gasteiger partial charge in [-0.25, -0.2) is 29.9 Å². The second kappa shape index (κ2) is 11.9. The van der Waals surface area contributed by atoms with Gasteiger partial charge in [-0.2, -0.15) is 0 Å². The van der Waals surface area contributed by atoms with Crippen LogP contribution in [0.2, 0.25) is 0 Å². The van der Waals surface area contributed by atoms with Gasteiger partial charge in [-0.05, 0) is 11.1 Å². The monoisotopic (exact) mass is 568 g/mol. The minimum Gasteiger partial charge on any atom is -0.489 e. The predicted octanol–water partition coefficient (Wildman–Crippen LogP) is 2.74. The van der Waals surface area contributed by atoms with Crippen LogP contribution in [0.3, 0.4) is 0 Å². The number of aliphatic imine (C=N–C) groups is 4. The van der Waals surface area contributed by atoms with Crippen molar-refractivity contribution in [2.24, 2.45) is 20.0 Å². The highest BCUT2D eigenvalue weighted by molar-refractivity contribution is 5.98. The number of benzene rings is 1. The molecule has 42 heavy (non-hydrogen) atoms. The molecule has 0 amide bonds. The Morgan fingerprint density at radius 3 is 1.05 bits per heavy atom. The first-order valence-corrected chi connectivity index (χ1v) is 13.8. The van der Waals surface area contributed by atoms with E-state index in [9.17, 15) is 0 Å². The summed E-state index contributed by atoms with van der Waals surface area (Å²) in [4.78, 5) is 26.8. The molecule has 3 aromatic rings. The maximum absolute atomic E-state index is 6.14. The number of ether oxygens (including phenoxy) is 6. The van der Waals surface area contributed by atoms with Crippen LogP contribution in [0.4, 0.5) is 0 Å². The summed E-state index contributed by atoms with van der Waals surface area (Å²) in [7, 11) is 0. The van der Waals surface area contributed by atoms with E-state index in [-0.39, 0.29) is 0 Å². The van der Waals surface area contributed by atoms with Gasteiger partial charge in [0.15, 0.2) is 0 Å². The van der Waals surface area contributed by atoms with Gasteiger partial charge < -0.3 is 28.4 Å². The van der Waals surface area contributed by atoms with Crippen molar-refractivity contribution in [2.45, 2.75) is 13.2 Å². The van der Waals surface area contributed by atoms with Gasteiger partial charge in [0.25, 0.3) is 0 Å². The fourth-order valence-electron chi connectivity index (χ4n) is 4.64. The normalized spacial score (nSPS) is 17.3. The first-order valence-electron chi connectivity index (χ1n) is 13.8. The first-order chi connectivity index (χ1) is 20.8. The van der Waals surface area contributed by atoms with E-state index in [4.69, 9.17) is 28.4 Å². The molecule has 0 aliphatic carbocycles. The van der Waals surface area contributed by atoms with Crippen molar-refractivity contribution in [3.05, 3.63) is 82.4 Å². The lowest BCUT2D eigenvalue weighted by molar-refractivity contribution is 0.301. The highest BCUT2D eigenvalue weighted by Gasteiger charge is 2.21. The van der Waals surface area contributed by atoms with E-state index in [0.717, 1.165) is 11.1 Å². The minimum atomic E-state index is 0.367. The molecule has 0 unspecified atom stereocenters. The van der Waals surface area contributed by atoms with Crippen LogP contribution in [0.1, 0.15) is 33.9 Å². The molecule has 7 rings (SSSR count). The summed E-state index contributed by atoms with van der Waals surface area (Å²) in [6, 6.07) is 15.4. The number of hydrogen-bond donors (Lipinski definition) is 0. The van der Waals surface area contributed by atoms with Gasteiger partial charge in [0, 0.05) is 24.3 Å². The van der Waals surface area contributed by atoms with Gasteiger partial charge in [0.1, 0.15) is 73.9 Å². The van der Waals surface area contributed by atoms with Crippen LogP contribution < -0.4 is 9.47 Å². The SMILES string of the molecule is c1cc(COc2cc(C3=NCCO3)nc(C3=NCCO3)c2)ccc1COc1cc(C2=NCCO2)nc(C2=NCCO2)c1. The van der Waals surface area contributed by atoms with Crippen molar-refractivity contribution in [3.8, 4) is 11.5 Å². The van der Waals surface area contributed by atoms with Gasteiger partial charge in [0.2, 0.25) is 23.6 Å². The lowest BCUT2D eigenvalue weighted by Gasteiger charge is -2.12. The van der Waals surface area contributed by atoms with Crippen LogP contribution >= 0.6 is 0 Å². The Morgan fingerprint density at radius 1 is 0.476 bits per heavy atom. The van der Waals surface area contributed by atoms with Gasteiger partial charge >= 0.3 is 0 Å². The first kappa shape index (κ1) is 25.9. The predicted molar refractivity (Wildman–Crippen MR) is 153 cm³/mol. The van der Waals surface area contributed by atoms with Crippen LogP contribution in [0.25, 0.3) is 0 Å². The number of rotatable bonds is 10. The molecule has 0 fully saturated rings. The maximum atomic E-state index is 6.14. The summed E-state index contributed by atoms with van der Waals surface area (Å²) in [6.45, 7) is 5.36. The largest absolute Gasteiger partial charge is 0.489 e. The third-order valence-corrected chi connectivity index (χ3v) is 6.65. The second-order valence-corrected chi connectivity index (χ2v) is 9.68. The molecule has 0 atom stereocenters. The smallest absolute Gasteiger partial charge is 0.235 e. The Bertz CT molecular complexity index is 1400. The summed E-state index contributed by atoms with van der Waals surface area (Å²) >= 11 is 0. The molecule has 214 valence electrons. The molecule has 0 saturated heterocycles. The molecular formula is C30H28N6O6. The molecule has 1 aromatic carbocycles. The molecule has 6 heterocycles. The second-order valence-electron chi connectivity index (χ2n) is 9.68. The van der Waals surface area contributed by atoms with Crippen molar-refractivity contribution in [1.82, 2.24) is 9.97 Å². The Labute approximate surface area is 241 Å². The van der Waals surface area contributed by atoms with E-state index in [1.165, 1.54) is 0 Å². The van der Waals surface area contributed by atoms with Gasteiger partial charge in [-0.15, -0.1) is 0 Å².